The zero-order chi connectivity index (χ0) is 16.7. The minimum Gasteiger partial charge on any atom is -0.396 e. The number of aromatic nitrogens is 4. The lowest BCUT2D eigenvalue weighted by molar-refractivity contribution is 0.0175. The number of H-pyrrole nitrogens is 1. The van der Waals surface area contributed by atoms with Crippen molar-refractivity contribution < 1.29 is 5.11 Å². The highest BCUT2D eigenvalue weighted by Crippen LogP contribution is 2.44. The van der Waals surface area contributed by atoms with Crippen LogP contribution in [-0.2, 0) is 6.54 Å². The summed E-state index contributed by atoms with van der Waals surface area (Å²) in [7, 11) is 0. The van der Waals surface area contributed by atoms with Gasteiger partial charge in [-0.1, -0.05) is 12.8 Å². The SMILES string of the molecule is Cc1nc2nc(CN3CCC[C@](CO)(CC4CC4)C3)cc(=O)n2[nH]1. The fourth-order valence-electron chi connectivity index (χ4n) is 4.08. The summed E-state index contributed by atoms with van der Waals surface area (Å²) >= 11 is 0. The van der Waals surface area contributed by atoms with Crippen LogP contribution in [0.15, 0.2) is 10.9 Å². The highest BCUT2D eigenvalue weighted by Gasteiger charge is 2.39. The first-order chi connectivity index (χ1) is 11.6. The maximum atomic E-state index is 12.2. The summed E-state index contributed by atoms with van der Waals surface area (Å²) in [6.07, 6.45) is 5.96. The summed E-state index contributed by atoms with van der Waals surface area (Å²) in [5, 5.41) is 12.9. The lowest BCUT2D eigenvalue weighted by Gasteiger charge is -2.42. The van der Waals surface area contributed by atoms with Crippen molar-refractivity contribution in [3.05, 3.63) is 27.9 Å². The third-order valence-corrected chi connectivity index (χ3v) is 5.38. The standard InChI is InChI=1S/C17H25N5O2/c1-12-18-16-19-14(7-15(24)22(16)20-12)9-21-6-2-5-17(10-21,11-23)8-13-3-4-13/h7,13,23H,2-6,8-11H2,1H3,(H,18,19,20)/t17-/m0/s1. The topological polar surface area (TPSA) is 86.5 Å². The molecule has 1 aliphatic carbocycles. The normalized spacial score (nSPS) is 25.4. The average Bonchev–Trinajstić information content (AvgIpc) is 3.26. The molecule has 2 aromatic rings. The molecule has 4 rings (SSSR count). The van der Waals surface area contributed by atoms with E-state index < -0.39 is 0 Å². The number of hydrogen-bond donors (Lipinski definition) is 2. The molecule has 2 aromatic heterocycles. The van der Waals surface area contributed by atoms with Crippen LogP contribution in [0.5, 0.6) is 0 Å². The van der Waals surface area contributed by atoms with Crippen molar-refractivity contribution in [1.29, 1.82) is 0 Å². The highest BCUT2D eigenvalue weighted by atomic mass is 16.3. The summed E-state index contributed by atoms with van der Waals surface area (Å²) in [6, 6.07) is 1.58. The number of nitrogens with one attached hydrogen (secondary N) is 1. The van der Waals surface area contributed by atoms with E-state index in [0.717, 1.165) is 44.0 Å². The summed E-state index contributed by atoms with van der Waals surface area (Å²) in [4.78, 5) is 23.3. The predicted octanol–water partition coefficient (Wildman–Crippen LogP) is 1.10. The molecule has 0 unspecified atom stereocenters. The van der Waals surface area contributed by atoms with E-state index in [1.807, 2.05) is 6.92 Å². The van der Waals surface area contributed by atoms with Crippen LogP contribution in [0.1, 0.15) is 43.6 Å². The molecule has 2 aliphatic rings. The molecule has 0 bridgehead atoms. The van der Waals surface area contributed by atoms with Gasteiger partial charge < -0.3 is 5.11 Å². The number of hydrogen-bond acceptors (Lipinski definition) is 5. The lowest BCUT2D eigenvalue weighted by atomic mass is 9.76. The largest absolute Gasteiger partial charge is 0.396 e. The minimum absolute atomic E-state index is 0.0293. The third-order valence-electron chi connectivity index (χ3n) is 5.38. The second-order valence-electron chi connectivity index (χ2n) is 7.65. The third kappa shape index (κ3) is 3.10. The number of piperidine rings is 1. The van der Waals surface area contributed by atoms with Crippen molar-refractivity contribution >= 4 is 5.78 Å². The van der Waals surface area contributed by atoms with Gasteiger partial charge in [0.25, 0.3) is 11.3 Å². The Morgan fingerprint density at radius 3 is 3.00 bits per heavy atom. The van der Waals surface area contributed by atoms with Crippen LogP contribution in [0.2, 0.25) is 0 Å². The van der Waals surface area contributed by atoms with E-state index in [9.17, 15) is 9.90 Å². The molecule has 7 nitrogen and oxygen atoms in total. The second-order valence-corrected chi connectivity index (χ2v) is 7.65. The van der Waals surface area contributed by atoms with E-state index in [4.69, 9.17) is 0 Å². The van der Waals surface area contributed by atoms with Crippen molar-refractivity contribution in [3.63, 3.8) is 0 Å². The molecule has 2 N–H and O–H groups in total. The number of fused-ring (bicyclic) bond motifs is 1. The predicted molar refractivity (Wildman–Crippen MR) is 89.7 cm³/mol. The van der Waals surface area contributed by atoms with E-state index in [-0.39, 0.29) is 17.6 Å². The smallest absolute Gasteiger partial charge is 0.274 e. The van der Waals surface area contributed by atoms with Crippen molar-refractivity contribution in [2.75, 3.05) is 19.7 Å². The molecule has 24 heavy (non-hydrogen) atoms. The molecule has 1 aliphatic heterocycles. The van der Waals surface area contributed by atoms with E-state index in [1.165, 1.54) is 17.4 Å². The molecule has 1 atom stereocenters. The van der Waals surface area contributed by atoms with Crippen LogP contribution in [0, 0.1) is 18.3 Å². The number of likely N-dealkylation sites (tertiary alicyclic amines) is 1. The minimum atomic E-state index is -0.126. The number of aromatic amines is 1. The maximum Gasteiger partial charge on any atom is 0.274 e. The molecule has 130 valence electrons. The van der Waals surface area contributed by atoms with Crippen LogP contribution in [0.3, 0.4) is 0 Å². The van der Waals surface area contributed by atoms with Gasteiger partial charge in [-0.05, 0) is 38.6 Å². The van der Waals surface area contributed by atoms with Crippen molar-refractivity contribution in [3.8, 4) is 0 Å². The van der Waals surface area contributed by atoms with Crippen molar-refractivity contribution in [2.24, 2.45) is 11.3 Å². The van der Waals surface area contributed by atoms with Gasteiger partial charge in [0, 0.05) is 31.2 Å². The average molecular weight is 331 g/mol. The molecule has 0 amide bonds. The van der Waals surface area contributed by atoms with Gasteiger partial charge >= 0.3 is 0 Å². The molecule has 2 fully saturated rings. The van der Waals surface area contributed by atoms with Gasteiger partial charge in [-0.25, -0.2) is 4.98 Å². The molecule has 3 heterocycles. The second kappa shape index (κ2) is 5.97. The molecule has 0 aromatic carbocycles. The Bertz CT molecular complexity index is 794. The number of aryl methyl sites for hydroxylation is 1. The van der Waals surface area contributed by atoms with Crippen molar-refractivity contribution in [1.82, 2.24) is 24.5 Å². The molecule has 0 spiro atoms. The molecule has 0 radical (unpaired) electrons. The monoisotopic (exact) mass is 331 g/mol. The lowest BCUT2D eigenvalue weighted by Crippen LogP contribution is -2.45. The summed E-state index contributed by atoms with van der Waals surface area (Å²) in [6.45, 7) is 4.59. The van der Waals surface area contributed by atoms with Gasteiger partial charge in [0.15, 0.2) is 0 Å². The first kappa shape index (κ1) is 15.8. The Labute approximate surface area is 140 Å². The summed E-state index contributed by atoms with van der Waals surface area (Å²) in [5.41, 5.74) is 0.660. The molecule has 1 saturated carbocycles. The van der Waals surface area contributed by atoms with Gasteiger partial charge in [-0.3, -0.25) is 14.8 Å². The van der Waals surface area contributed by atoms with Crippen LogP contribution >= 0.6 is 0 Å². The first-order valence-corrected chi connectivity index (χ1v) is 8.85. The van der Waals surface area contributed by atoms with Crippen LogP contribution in [0.4, 0.5) is 0 Å². The zero-order valence-corrected chi connectivity index (χ0v) is 14.2. The van der Waals surface area contributed by atoms with Gasteiger partial charge in [-0.15, -0.1) is 0 Å². The van der Waals surface area contributed by atoms with E-state index >= 15 is 0 Å². The zero-order valence-electron chi connectivity index (χ0n) is 14.2. The van der Waals surface area contributed by atoms with Crippen LogP contribution < -0.4 is 5.56 Å². The summed E-state index contributed by atoms with van der Waals surface area (Å²) < 4.78 is 1.38. The van der Waals surface area contributed by atoms with Gasteiger partial charge in [0.2, 0.25) is 0 Å². The molecule has 1 saturated heterocycles. The Kier molecular flexibility index (Phi) is 3.92. The number of rotatable bonds is 5. The van der Waals surface area contributed by atoms with Gasteiger partial charge in [0.05, 0.1) is 5.69 Å². The first-order valence-electron chi connectivity index (χ1n) is 8.85. The Morgan fingerprint density at radius 1 is 1.42 bits per heavy atom. The van der Waals surface area contributed by atoms with Crippen LogP contribution in [-0.4, -0.2) is 49.3 Å². The van der Waals surface area contributed by atoms with Crippen LogP contribution in [0.25, 0.3) is 5.78 Å². The fraction of sp³-hybridized carbons (Fsp3) is 0.706. The highest BCUT2D eigenvalue weighted by molar-refractivity contribution is 5.27. The van der Waals surface area contributed by atoms with E-state index in [1.54, 1.807) is 6.07 Å². The van der Waals surface area contributed by atoms with E-state index in [0.29, 0.717) is 18.1 Å². The Hall–Kier alpha value is -1.73. The Balaban J connectivity index is 1.52. The summed E-state index contributed by atoms with van der Waals surface area (Å²) in [5.74, 6) is 1.92. The molecular weight excluding hydrogens is 306 g/mol. The van der Waals surface area contributed by atoms with Gasteiger partial charge in [0.1, 0.15) is 5.82 Å². The molecular formula is C17H25N5O2. The fourth-order valence-corrected chi connectivity index (χ4v) is 4.08. The van der Waals surface area contributed by atoms with Gasteiger partial charge in [-0.2, -0.15) is 9.50 Å². The molecule has 7 heteroatoms. The Morgan fingerprint density at radius 2 is 2.25 bits per heavy atom. The van der Waals surface area contributed by atoms with Crippen molar-refractivity contribution in [2.45, 2.75) is 45.6 Å². The number of aliphatic hydroxyl groups is 1. The number of aliphatic hydroxyl groups excluding tert-OH is 1. The quantitative estimate of drug-likeness (QED) is 0.857. The number of nitrogens with zero attached hydrogens (tertiary/aromatic N) is 4. The van der Waals surface area contributed by atoms with E-state index in [2.05, 4.69) is 20.0 Å². The maximum absolute atomic E-state index is 12.2.